The molecule has 1 unspecified atom stereocenters. The lowest BCUT2D eigenvalue weighted by molar-refractivity contribution is -0.143. The zero-order valence-corrected chi connectivity index (χ0v) is 11.7. The van der Waals surface area contributed by atoms with Crippen LogP contribution in [0, 0.1) is 11.3 Å². The van der Waals surface area contributed by atoms with E-state index < -0.39 is 17.9 Å². The van der Waals surface area contributed by atoms with Crippen LogP contribution in [0.4, 0.5) is 4.79 Å². The average Bonchev–Trinajstić information content (AvgIpc) is 2.77. The number of hydrogen-bond donors (Lipinski definition) is 1. The lowest BCUT2D eigenvalue weighted by Gasteiger charge is -2.35. The summed E-state index contributed by atoms with van der Waals surface area (Å²) >= 11 is 0. The second kappa shape index (κ2) is 5.31. The van der Waals surface area contributed by atoms with Crippen molar-refractivity contribution >= 4 is 17.8 Å². The molecule has 1 saturated carbocycles. The van der Waals surface area contributed by atoms with Crippen LogP contribution in [0.1, 0.15) is 52.4 Å². The van der Waals surface area contributed by atoms with E-state index in [1.807, 2.05) is 6.92 Å². The van der Waals surface area contributed by atoms with Crippen LogP contribution in [0.5, 0.6) is 0 Å². The summed E-state index contributed by atoms with van der Waals surface area (Å²) in [6.07, 6.45) is 5.64. The van der Waals surface area contributed by atoms with E-state index in [1.54, 1.807) is 0 Å². The number of imide groups is 2. The second-order valence-corrected chi connectivity index (χ2v) is 6.08. The summed E-state index contributed by atoms with van der Waals surface area (Å²) in [4.78, 5) is 37.1. The molecule has 2 fully saturated rings. The third-order valence-electron chi connectivity index (χ3n) is 4.28. The molecule has 4 amide bonds. The van der Waals surface area contributed by atoms with Gasteiger partial charge in [0.2, 0.25) is 11.8 Å². The highest BCUT2D eigenvalue weighted by molar-refractivity contribution is 6.16. The molecule has 1 saturated heterocycles. The molecule has 0 aromatic rings. The number of nitrogens with one attached hydrogen (secondary N) is 1. The van der Waals surface area contributed by atoms with E-state index in [1.165, 1.54) is 4.90 Å². The molecule has 0 aromatic carbocycles. The number of carbonyl (C=O) groups is 3. The van der Waals surface area contributed by atoms with Crippen LogP contribution in [0.25, 0.3) is 0 Å². The van der Waals surface area contributed by atoms with Gasteiger partial charge in [-0.1, -0.05) is 33.1 Å². The van der Waals surface area contributed by atoms with Crippen molar-refractivity contribution in [3.8, 4) is 0 Å². The SMILES string of the molecule is CCCC1C(=O)NC(=O)N(CC2(C)CCCC2)C1=O. The largest absolute Gasteiger partial charge is 0.330 e. The molecule has 2 aliphatic rings. The molecular weight excluding hydrogens is 244 g/mol. The van der Waals surface area contributed by atoms with E-state index in [0.717, 1.165) is 32.1 Å². The molecule has 1 atom stereocenters. The van der Waals surface area contributed by atoms with E-state index in [2.05, 4.69) is 12.2 Å². The Morgan fingerprint density at radius 3 is 2.47 bits per heavy atom. The number of amides is 4. The Kier molecular flexibility index (Phi) is 3.92. The van der Waals surface area contributed by atoms with Gasteiger partial charge in [-0.05, 0) is 24.7 Å². The van der Waals surface area contributed by atoms with Crippen LogP contribution < -0.4 is 5.32 Å². The Balaban J connectivity index is 2.12. The molecular formula is C14H22N2O3. The Bertz CT molecular complexity index is 399. The number of barbiturate groups is 1. The maximum absolute atomic E-state index is 12.3. The van der Waals surface area contributed by atoms with Crippen LogP contribution in [-0.2, 0) is 9.59 Å². The molecule has 106 valence electrons. The topological polar surface area (TPSA) is 66.5 Å². The summed E-state index contributed by atoms with van der Waals surface area (Å²) in [5.74, 6) is -1.44. The summed E-state index contributed by atoms with van der Waals surface area (Å²) in [6.45, 7) is 4.48. The van der Waals surface area contributed by atoms with Crippen molar-refractivity contribution in [1.82, 2.24) is 10.2 Å². The van der Waals surface area contributed by atoms with Crippen LogP contribution in [0.15, 0.2) is 0 Å². The van der Waals surface area contributed by atoms with Crippen LogP contribution in [0.2, 0.25) is 0 Å². The number of carbonyl (C=O) groups excluding carboxylic acids is 3. The molecule has 0 spiro atoms. The monoisotopic (exact) mass is 266 g/mol. The molecule has 2 rings (SSSR count). The van der Waals surface area contributed by atoms with Crippen molar-refractivity contribution in [2.45, 2.75) is 52.4 Å². The maximum Gasteiger partial charge on any atom is 0.330 e. The summed E-state index contributed by atoms with van der Waals surface area (Å²) in [5.41, 5.74) is 0.0180. The van der Waals surface area contributed by atoms with Gasteiger partial charge in [0.25, 0.3) is 0 Å². The molecule has 0 aromatic heterocycles. The summed E-state index contributed by atoms with van der Waals surface area (Å²) in [6, 6.07) is -0.546. The standard InChI is InChI=1S/C14H22N2O3/c1-3-6-10-11(17)15-13(19)16(12(10)18)9-14(2)7-4-5-8-14/h10H,3-9H2,1-2H3,(H,15,17,19). The number of rotatable bonds is 4. The smallest absolute Gasteiger partial charge is 0.277 e. The molecule has 5 nitrogen and oxygen atoms in total. The van der Waals surface area contributed by atoms with Gasteiger partial charge in [-0.3, -0.25) is 19.8 Å². The number of nitrogens with zero attached hydrogens (tertiary/aromatic N) is 1. The van der Waals surface area contributed by atoms with Gasteiger partial charge in [0.05, 0.1) is 0 Å². The molecule has 0 bridgehead atoms. The van der Waals surface area contributed by atoms with Gasteiger partial charge in [-0.25, -0.2) is 4.79 Å². The highest BCUT2D eigenvalue weighted by atomic mass is 16.2. The first kappa shape index (κ1) is 14.0. The minimum absolute atomic E-state index is 0.0180. The van der Waals surface area contributed by atoms with Crippen molar-refractivity contribution in [2.75, 3.05) is 6.54 Å². The average molecular weight is 266 g/mol. The van der Waals surface area contributed by atoms with E-state index in [4.69, 9.17) is 0 Å². The fourth-order valence-electron chi connectivity index (χ4n) is 3.12. The zero-order chi connectivity index (χ0) is 14.0. The first-order chi connectivity index (χ1) is 8.97. The van der Waals surface area contributed by atoms with Crippen LogP contribution >= 0.6 is 0 Å². The van der Waals surface area contributed by atoms with Crippen molar-refractivity contribution in [3.05, 3.63) is 0 Å². The van der Waals surface area contributed by atoms with Gasteiger partial charge in [0, 0.05) is 6.54 Å². The van der Waals surface area contributed by atoms with Gasteiger partial charge in [0.15, 0.2) is 0 Å². The third kappa shape index (κ3) is 2.80. The lowest BCUT2D eigenvalue weighted by Crippen LogP contribution is -2.59. The first-order valence-electron chi connectivity index (χ1n) is 7.13. The van der Waals surface area contributed by atoms with Gasteiger partial charge in [0.1, 0.15) is 5.92 Å². The highest BCUT2D eigenvalue weighted by Crippen LogP contribution is 2.38. The fourth-order valence-corrected chi connectivity index (χ4v) is 3.12. The Morgan fingerprint density at radius 1 is 1.26 bits per heavy atom. The lowest BCUT2D eigenvalue weighted by atomic mass is 9.87. The minimum Gasteiger partial charge on any atom is -0.277 e. The molecule has 1 heterocycles. The van der Waals surface area contributed by atoms with Crippen molar-refractivity contribution in [2.24, 2.45) is 11.3 Å². The second-order valence-electron chi connectivity index (χ2n) is 6.08. The number of hydrogen-bond acceptors (Lipinski definition) is 3. The van der Waals surface area contributed by atoms with Crippen molar-refractivity contribution in [3.63, 3.8) is 0 Å². The fraction of sp³-hybridized carbons (Fsp3) is 0.786. The summed E-state index contributed by atoms with van der Waals surface area (Å²) < 4.78 is 0. The van der Waals surface area contributed by atoms with Gasteiger partial charge < -0.3 is 0 Å². The predicted molar refractivity (Wildman–Crippen MR) is 70.2 cm³/mol. The van der Waals surface area contributed by atoms with Crippen LogP contribution in [-0.4, -0.2) is 29.3 Å². The predicted octanol–water partition coefficient (Wildman–Crippen LogP) is 2.06. The Labute approximate surface area is 113 Å². The number of urea groups is 1. The van der Waals surface area contributed by atoms with Crippen LogP contribution in [0.3, 0.4) is 0 Å². The zero-order valence-electron chi connectivity index (χ0n) is 11.7. The molecule has 5 heteroatoms. The minimum atomic E-state index is -0.687. The molecule has 1 aliphatic carbocycles. The summed E-state index contributed by atoms with van der Waals surface area (Å²) in [7, 11) is 0. The third-order valence-corrected chi connectivity index (χ3v) is 4.28. The molecule has 1 aliphatic heterocycles. The quantitative estimate of drug-likeness (QED) is 0.792. The van der Waals surface area contributed by atoms with Crippen molar-refractivity contribution < 1.29 is 14.4 Å². The molecule has 0 radical (unpaired) electrons. The normalized spacial score (nSPS) is 26.7. The highest BCUT2D eigenvalue weighted by Gasteiger charge is 2.43. The van der Waals surface area contributed by atoms with E-state index in [-0.39, 0.29) is 11.3 Å². The first-order valence-corrected chi connectivity index (χ1v) is 7.13. The van der Waals surface area contributed by atoms with Crippen molar-refractivity contribution in [1.29, 1.82) is 0 Å². The van der Waals surface area contributed by atoms with E-state index in [0.29, 0.717) is 13.0 Å². The Morgan fingerprint density at radius 2 is 1.89 bits per heavy atom. The van der Waals surface area contributed by atoms with Gasteiger partial charge in [-0.2, -0.15) is 0 Å². The van der Waals surface area contributed by atoms with Gasteiger partial charge >= 0.3 is 6.03 Å². The summed E-state index contributed by atoms with van der Waals surface area (Å²) in [5, 5.41) is 2.31. The maximum atomic E-state index is 12.3. The van der Waals surface area contributed by atoms with E-state index >= 15 is 0 Å². The Hall–Kier alpha value is -1.39. The molecule has 1 N–H and O–H groups in total. The van der Waals surface area contributed by atoms with Gasteiger partial charge in [-0.15, -0.1) is 0 Å². The molecule has 19 heavy (non-hydrogen) atoms. The van der Waals surface area contributed by atoms with E-state index in [9.17, 15) is 14.4 Å².